The van der Waals surface area contributed by atoms with Crippen molar-refractivity contribution in [3.63, 3.8) is 0 Å². The van der Waals surface area contributed by atoms with Crippen molar-refractivity contribution in [3.05, 3.63) is 46.6 Å². The Kier molecular flexibility index (Phi) is 7.11. The molecule has 0 bridgehead atoms. The van der Waals surface area contributed by atoms with Crippen molar-refractivity contribution in [1.82, 2.24) is 4.98 Å². The van der Waals surface area contributed by atoms with Gasteiger partial charge >= 0.3 is 0 Å². The maximum absolute atomic E-state index is 11.9. The number of hydrogen-bond acceptors (Lipinski definition) is 5. The Balaban J connectivity index is 1.81. The monoisotopic (exact) mass is 369 g/mol. The minimum atomic E-state index is -0.317. The highest BCUT2D eigenvalue weighted by atomic mass is 35.5. The number of benzene rings is 1. The van der Waals surface area contributed by atoms with E-state index in [1.165, 1.54) is 0 Å². The normalized spacial score (nSPS) is 10.3. The van der Waals surface area contributed by atoms with Crippen LogP contribution < -0.4 is 15.4 Å². The molecule has 1 heterocycles. The van der Waals surface area contributed by atoms with Gasteiger partial charge in [0.2, 0.25) is 0 Å². The Morgan fingerprint density at radius 1 is 1.25 bits per heavy atom. The average Bonchev–Trinajstić information content (AvgIpc) is 2.56. The van der Waals surface area contributed by atoms with Crippen molar-refractivity contribution >= 4 is 40.6 Å². The molecular formula is C16H17Cl2N3O3. The smallest absolute Gasteiger partial charge is 0.262 e. The summed E-state index contributed by atoms with van der Waals surface area (Å²) in [5.41, 5.74) is 0.572. The summed E-state index contributed by atoms with van der Waals surface area (Å²) in [6.07, 6.45) is 1.56. The van der Waals surface area contributed by atoms with E-state index in [2.05, 4.69) is 15.6 Å². The van der Waals surface area contributed by atoms with Crippen LogP contribution in [0, 0.1) is 0 Å². The van der Waals surface area contributed by atoms with Gasteiger partial charge in [-0.05, 0) is 30.3 Å². The topological polar surface area (TPSA) is 72.5 Å². The maximum Gasteiger partial charge on any atom is 0.262 e. The number of carbonyl (C=O) groups is 1. The maximum atomic E-state index is 11.9. The lowest BCUT2D eigenvalue weighted by molar-refractivity contribution is -0.118. The zero-order valence-corrected chi connectivity index (χ0v) is 14.5. The molecule has 0 saturated heterocycles. The number of halogens is 2. The number of methoxy groups -OCH3 is 1. The first-order chi connectivity index (χ1) is 11.6. The molecule has 24 heavy (non-hydrogen) atoms. The molecule has 2 N–H and O–H groups in total. The van der Waals surface area contributed by atoms with E-state index in [0.29, 0.717) is 40.5 Å². The third-order valence-corrected chi connectivity index (χ3v) is 3.44. The summed E-state index contributed by atoms with van der Waals surface area (Å²) in [5.74, 6) is 0.782. The van der Waals surface area contributed by atoms with E-state index in [9.17, 15) is 4.79 Å². The number of aromatic nitrogens is 1. The van der Waals surface area contributed by atoms with Gasteiger partial charge in [-0.2, -0.15) is 0 Å². The number of amides is 1. The van der Waals surface area contributed by atoms with Gasteiger partial charge < -0.3 is 20.1 Å². The third kappa shape index (κ3) is 5.88. The lowest BCUT2D eigenvalue weighted by Crippen LogP contribution is -2.20. The SMILES string of the molecule is COCCNc1ccc(NC(=O)COc2ccc(Cl)cc2Cl)cn1. The van der Waals surface area contributed by atoms with E-state index in [4.69, 9.17) is 32.7 Å². The zero-order valence-electron chi connectivity index (χ0n) is 13.0. The number of ether oxygens (including phenoxy) is 2. The molecule has 2 rings (SSSR count). The number of nitrogens with one attached hydrogen (secondary N) is 2. The summed E-state index contributed by atoms with van der Waals surface area (Å²) in [4.78, 5) is 16.1. The molecule has 6 nitrogen and oxygen atoms in total. The molecule has 2 aromatic rings. The molecule has 1 aromatic heterocycles. The van der Waals surface area contributed by atoms with Crippen LogP contribution in [-0.2, 0) is 9.53 Å². The summed E-state index contributed by atoms with van der Waals surface area (Å²) < 4.78 is 10.3. The van der Waals surface area contributed by atoms with Crippen LogP contribution in [0.3, 0.4) is 0 Å². The van der Waals surface area contributed by atoms with Crippen LogP contribution >= 0.6 is 23.2 Å². The van der Waals surface area contributed by atoms with Gasteiger partial charge in [-0.15, -0.1) is 0 Å². The van der Waals surface area contributed by atoms with Crippen LogP contribution in [0.15, 0.2) is 36.5 Å². The molecule has 8 heteroatoms. The highest BCUT2D eigenvalue weighted by Gasteiger charge is 2.07. The van der Waals surface area contributed by atoms with Gasteiger partial charge in [-0.3, -0.25) is 4.79 Å². The lowest BCUT2D eigenvalue weighted by Gasteiger charge is -2.09. The first-order valence-corrected chi connectivity index (χ1v) is 7.90. The van der Waals surface area contributed by atoms with Crippen molar-refractivity contribution in [2.45, 2.75) is 0 Å². The lowest BCUT2D eigenvalue weighted by atomic mass is 10.3. The molecule has 0 spiro atoms. The minimum Gasteiger partial charge on any atom is -0.482 e. The number of hydrogen-bond donors (Lipinski definition) is 2. The Bertz CT molecular complexity index is 681. The second-order valence-electron chi connectivity index (χ2n) is 4.76. The van der Waals surface area contributed by atoms with Crippen molar-refractivity contribution in [1.29, 1.82) is 0 Å². The molecule has 0 fully saturated rings. The molecule has 0 saturated carbocycles. The molecular weight excluding hydrogens is 353 g/mol. The van der Waals surface area contributed by atoms with Gasteiger partial charge in [0.15, 0.2) is 6.61 Å². The third-order valence-electron chi connectivity index (χ3n) is 2.91. The summed E-state index contributed by atoms with van der Waals surface area (Å²) in [7, 11) is 1.63. The average molecular weight is 370 g/mol. The molecule has 0 unspecified atom stereocenters. The summed E-state index contributed by atoms with van der Waals surface area (Å²) in [6, 6.07) is 8.31. The van der Waals surface area contributed by atoms with Crippen LogP contribution in [0.5, 0.6) is 5.75 Å². The Labute approximate surface area is 150 Å². The van der Waals surface area contributed by atoms with Gasteiger partial charge in [0.1, 0.15) is 11.6 Å². The fourth-order valence-corrected chi connectivity index (χ4v) is 2.25. The quantitative estimate of drug-likeness (QED) is 0.697. The summed E-state index contributed by atoms with van der Waals surface area (Å²) in [6.45, 7) is 1.07. The highest BCUT2D eigenvalue weighted by Crippen LogP contribution is 2.27. The first kappa shape index (κ1) is 18.3. The van der Waals surface area contributed by atoms with Crippen LogP contribution in [0.1, 0.15) is 0 Å². The number of carbonyl (C=O) groups excluding carboxylic acids is 1. The zero-order chi connectivity index (χ0) is 17.4. The van der Waals surface area contributed by atoms with Gasteiger partial charge in [0.05, 0.1) is 23.5 Å². The van der Waals surface area contributed by atoms with Gasteiger partial charge in [0.25, 0.3) is 5.91 Å². The van der Waals surface area contributed by atoms with Gasteiger partial charge in [0, 0.05) is 18.7 Å². The fraction of sp³-hybridized carbons (Fsp3) is 0.250. The summed E-state index contributed by atoms with van der Waals surface area (Å²) in [5, 5.41) is 6.63. The van der Waals surface area contributed by atoms with Gasteiger partial charge in [-0.25, -0.2) is 4.98 Å². The van der Waals surface area contributed by atoms with E-state index < -0.39 is 0 Å². The fourth-order valence-electron chi connectivity index (χ4n) is 1.79. The van der Waals surface area contributed by atoms with Crippen molar-refractivity contribution in [3.8, 4) is 5.75 Å². The predicted octanol–water partition coefficient (Wildman–Crippen LogP) is 3.46. The highest BCUT2D eigenvalue weighted by molar-refractivity contribution is 6.35. The first-order valence-electron chi connectivity index (χ1n) is 7.15. The number of anilines is 2. The molecule has 1 amide bonds. The number of nitrogens with zero attached hydrogens (tertiary/aromatic N) is 1. The van der Waals surface area contributed by atoms with Crippen molar-refractivity contribution in [2.24, 2.45) is 0 Å². The molecule has 0 radical (unpaired) electrons. The van der Waals surface area contributed by atoms with Gasteiger partial charge in [-0.1, -0.05) is 23.2 Å². The van der Waals surface area contributed by atoms with Crippen LogP contribution in [0.4, 0.5) is 11.5 Å². The Morgan fingerprint density at radius 2 is 2.08 bits per heavy atom. The molecule has 0 aliphatic carbocycles. The molecule has 128 valence electrons. The molecule has 0 aliphatic heterocycles. The minimum absolute atomic E-state index is 0.171. The number of pyridine rings is 1. The Hall–Kier alpha value is -2.02. The van der Waals surface area contributed by atoms with E-state index in [1.807, 2.05) is 0 Å². The number of rotatable bonds is 8. The van der Waals surface area contributed by atoms with E-state index >= 15 is 0 Å². The molecule has 0 atom stereocenters. The second kappa shape index (κ2) is 9.32. The largest absolute Gasteiger partial charge is 0.482 e. The second-order valence-corrected chi connectivity index (χ2v) is 5.61. The van der Waals surface area contributed by atoms with Crippen LogP contribution in [-0.4, -0.2) is 37.8 Å². The van der Waals surface area contributed by atoms with E-state index in [-0.39, 0.29) is 12.5 Å². The van der Waals surface area contributed by atoms with E-state index in [0.717, 1.165) is 0 Å². The van der Waals surface area contributed by atoms with E-state index in [1.54, 1.807) is 43.6 Å². The Morgan fingerprint density at radius 3 is 2.75 bits per heavy atom. The standard InChI is InChI=1S/C16H17Cl2N3O3/c1-23-7-6-19-15-5-3-12(9-20-15)21-16(22)10-24-14-4-2-11(17)8-13(14)18/h2-5,8-9H,6-7,10H2,1H3,(H,19,20)(H,21,22). The summed E-state index contributed by atoms with van der Waals surface area (Å²) >= 11 is 11.8. The molecule has 1 aromatic carbocycles. The van der Waals surface area contributed by atoms with Crippen LogP contribution in [0.25, 0.3) is 0 Å². The van der Waals surface area contributed by atoms with Crippen LogP contribution in [0.2, 0.25) is 10.0 Å². The van der Waals surface area contributed by atoms with Crippen molar-refractivity contribution in [2.75, 3.05) is 37.5 Å². The predicted molar refractivity (Wildman–Crippen MR) is 95.2 cm³/mol. The molecule has 0 aliphatic rings. The van der Waals surface area contributed by atoms with Crippen molar-refractivity contribution < 1.29 is 14.3 Å².